The fourth-order valence-corrected chi connectivity index (χ4v) is 1.19. The first-order valence-electron chi connectivity index (χ1n) is 5.01. The van der Waals surface area contributed by atoms with Gasteiger partial charge >= 0.3 is 0 Å². The van der Waals surface area contributed by atoms with Gasteiger partial charge in [0.25, 0.3) is 12.5 Å². The molecule has 0 unspecified atom stereocenters. The van der Waals surface area contributed by atoms with Gasteiger partial charge in [-0.25, -0.2) is 0 Å². The molecule has 0 rings (SSSR count). The molecule has 0 bridgehead atoms. The molecule has 0 aromatic carbocycles. The first kappa shape index (κ1) is 12.9. The summed E-state index contributed by atoms with van der Waals surface area (Å²) in [6.45, 7) is 4.66. The Kier molecular flexibility index (Phi) is 6.70. The zero-order valence-electron chi connectivity index (χ0n) is 8.86. The number of amides is 1. The Balaban J connectivity index is 4.03. The van der Waals surface area contributed by atoms with Crippen molar-refractivity contribution in [3.8, 4) is 0 Å². The molecule has 5 nitrogen and oxygen atoms in total. The molecule has 0 saturated heterocycles. The lowest BCUT2D eigenvalue weighted by Gasteiger charge is -2.19. The number of rotatable bonds is 7. The Hall–Kier alpha value is -1.13. The van der Waals surface area contributed by atoms with Crippen molar-refractivity contribution in [3.63, 3.8) is 0 Å². The molecule has 0 heterocycles. The second-order valence-corrected chi connectivity index (χ2v) is 3.23. The van der Waals surface area contributed by atoms with Crippen LogP contribution in [0.3, 0.4) is 0 Å². The SMILES string of the molecule is CCCCN(CCC)C(=O)C[N+](=O)[O-]. The molecule has 0 spiro atoms. The van der Waals surface area contributed by atoms with Crippen molar-refractivity contribution in [1.29, 1.82) is 0 Å². The Morgan fingerprint density at radius 3 is 2.36 bits per heavy atom. The van der Waals surface area contributed by atoms with Gasteiger partial charge in [0.2, 0.25) is 0 Å². The Morgan fingerprint density at radius 1 is 1.29 bits per heavy atom. The van der Waals surface area contributed by atoms with Gasteiger partial charge in [-0.3, -0.25) is 14.9 Å². The third-order valence-electron chi connectivity index (χ3n) is 1.89. The highest BCUT2D eigenvalue weighted by Gasteiger charge is 2.16. The van der Waals surface area contributed by atoms with Crippen molar-refractivity contribution in [2.45, 2.75) is 33.1 Å². The van der Waals surface area contributed by atoms with Crippen LogP contribution in [0.1, 0.15) is 33.1 Å². The number of carbonyl (C=O) groups is 1. The van der Waals surface area contributed by atoms with Gasteiger partial charge in [0.1, 0.15) is 0 Å². The van der Waals surface area contributed by atoms with E-state index in [-0.39, 0.29) is 5.91 Å². The molecule has 82 valence electrons. The normalized spacial score (nSPS) is 9.86. The summed E-state index contributed by atoms with van der Waals surface area (Å²) in [6.07, 6.45) is 2.74. The lowest BCUT2D eigenvalue weighted by Crippen LogP contribution is -2.36. The summed E-state index contributed by atoms with van der Waals surface area (Å²) in [4.78, 5) is 22.5. The molecule has 14 heavy (non-hydrogen) atoms. The van der Waals surface area contributed by atoms with Gasteiger partial charge in [0.05, 0.1) is 0 Å². The van der Waals surface area contributed by atoms with E-state index in [1.165, 1.54) is 0 Å². The fraction of sp³-hybridized carbons (Fsp3) is 0.889. The van der Waals surface area contributed by atoms with E-state index in [4.69, 9.17) is 0 Å². The maximum absolute atomic E-state index is 11.3. The summed E-state index contributed by atoms with van der Waals surface area (Å²) in [6, 6.07) is 0. The van der Waals surface area contributed by atoms with Crippen molar-refractivity contribution in [3.05, 3.63) is 10.1 Å². The smallest absolute Gasteiger partial charge is 0.294 e. The van der Waals surface area contributed by atoms with Gasteiger partial charge in [-0.05, 0) is 12.8 Å². The molecule has 0 N–H and O–H groups in total. The Bertz CT molecular complexity index is 194. The monoisotopic (exact) mass is 202 g/mol. The number of nitro groups is 1. The van der Waals surface area contributed by atoms with E-state index in [1.54, 1.807) is 4.90 Å². The molecule has 0 fully saturated rings. The largest absolute Gasteiger partial charge is 0.337 e. The minimum Gasteiger partial charge on any atom is -0.337 e. The summed E-state index contributed by atoms with van der Waals surface area (Å²) in [7, 11) is 0. The van der Waals surface area contributed by atoms with Gasteiger partial charge in [0, 0.05) is 18.0 Å². The number of hydrogen-bond donors (Lipinski definition) is 0. The number of carbonyl (C=O) groups excluding carboxylic acids is 1. The van der Waals surface area contributed by atoms with Crippen LogP contribution in [-0.4, -0.2) is 35.4 Å². The highest BCUT2D eigenvalue weighted by Crippen LogP contribution is 1.98. The molecule has 0 aliphatic heterocycles. The lowest BCUT2D eigenvalue weighted by molar-refractivity contribution is -0.468. The van der Waals surface area contributed by atoms with Crippen LogP contribution in [0.5, 0.6) is 0 Å². The first-order chi connectivity index (χ1) is 6.61. The predicted octanol–water partition coefficient (Wildman–Crippen LogP) is 1.30. The number of nitrogens with zero attached hydrogens (tertiary/aromatic N) is 2. The molecule has 0 aliphatic carbocycles. The second kappa shape index (κ2) is 7.29. The molecule has 0 aliphatic rings. The standard InChI is InChI=1S/C9H18N2O3/c1-3-5-7-10(6-4-2)9(12)8-11(13)14/h3-8H2,1-2H3. The van der Waals surface area contributed by atoms with Crippen LogP contribution in [0.4, 0.5) is 0 Å². The van der Waals surface area contributed by atoms with Crippen molar-refractivity contribution >= 4 is 5.91 Å². The maximum atomic E-state index is 11.3. The van der Waals surface area contributed by atoms with Crippen molar-refractivity contribution in [2.24, 2.45) is 0 Å². The van der Waals surface area contributed by atoms with E-state index in [0.717, 1.165) is 19.3 Å². The van der Waals surface area contributed by atoms with Crippen LogP contribution in [-0.2, 0) is 4.79 Å². The fourth-order valence-electron chi connectivity index (χ4n) is 1.19. The van der Waals surface area contributed by atoms with Crippen LogP contribution in [0.2, 0.25) is 0 Å². The highest BCUT2D eigenvalue weighted by atomic mass is 16.6. The third-order valence-corrected chi connectivity index (χ3v) is 1.89. The van der Waals surface area contributed by atoms with Crippen molar-refractivity contribution in [2.75, 3.05) is 19.6 Å². The minimum absolute atomic E-state index is 0.370. The molecule has 0 atom stereocenters. The van der Waals surface area contributed by atoms with Crippen LogP contribution in [0.15, 0.2) is 0 Å². The van der Waals surface area contributed by atoms with Crippen molar-refractivity contribution < 1.29 is 9.72 Å². The van der Waals surface area contributed by atoms with Gasteiger partial charge in [-0.15, -0.1) is 0 Å². The Morgan fingerprint density at radius 2 is 1.93 bits per heavy atom. The van der Waals surface area contributed by atoms with Crippen LogP contribution >= 0.6 is 0 Å². The summed E-state index contributed by atoms with van der Waals surface area (Å²) in [5.74, 6) is -0.370. The van der Waals surface area contributed by atoms with E-state index in [9.17, 15) is 14.9 Å². The quantitative estimate of drug-likeness (QED) is 0.461. The van der Waals surface area contributed by atoms with E-state index in [0.29, 0.717) is 13.1 Å². The predicted molar refractivity (Wildman–Crippen MR) is 53.6 cm³/mol. The highest BCUT2D eigenvalue weighted by molar-refractivity contribution is 5.77. The van der Waals surface area contributed by atoms with Gasteiger partial charge in [-0.1, -0.05) is 20.3 Å². The molecular weight excluding hydrogens is 184 g/mol. The van der Waals surface area contributed by atoms with E-state index in [1.807, 2.05) is 13.8 Å². The van der Waals surface area contributed by atoms with Crippen LogP contribution in [0, 0.1) is 10.1 Å². The van der Waals surface area contributed by atoms with E-state index >= 15 is 0 Å². The average molecular weight is 202 g/mol. The summed E-state index contributed by atoms with van der Waals surface area (Å²) in [5, 5.41) is 10.2. The second-order valence-electron chi connectivity index (χ2n) is 3.23. The summed E-state index contributed by atoms with van der Waals surface area (Å²) in [5.41, 5.74) is 0. The molecule has 1 amide bonds. The van der Waals surface area contributed by atoms with Gasteiger partial charge in [-0.2, -0.15) is 0 Å². The summed E-state index contributed by atoms with van der Waals surface area (Å²) < 4.78 is 0. The summed E-state index contributed by atoms with van der Waals surface area (Å²) >= 11 is 0. The molecule has 0 aromatic rings. The first-order valence-corrected chi connectivity index (χ1v) is 5.01. The van der Waals surface area contributed by atoms with Gasteiger partial charge in [0.15, 0.2) is 0 Å². The lowest BCUT2D eigenvalue weighted by atomic mass is 10.3. The van der Waals surface area contributed by atoms with Gasteiger partial charge < -0.3 is 4.90 Å². The molecule has 5 heteroatoms. The zero-order chi connectivity index (χ0) is 11.0. The Labute approximate surface area is 84.2 Å². The topological polar surface area (TPSA) is 63.5 Å². The number of hydrogen-bond acceptors (Lipinski definition) is 3. The third kappa shape index (κ3) is 5.50. The van der Waals surface area contributed by atoms with Crippen LogP contribution in [0.25, 0.3) is 0 Å². The van der Waals surface area contributed by atoms with E-state index < -0.39 is 11.5 Å². The number of unbranched alkanes of at least 4 members (excludes halogenated alkanes) is 1. The maximum Gasteiger partial charge on any atom is 0.294 e. The molecule has 0 saturated carbocycles. The molecule has 0 aromatic heterocycles. The molecule has 0 radical (unpaired) electrons. The minimum atomic E-state index is -0.580. The van der Waals surface area contributed by atoms with Crippen LogP contribution < -0.4 is 0 Å². The van der Waals surface area contributed by atoms with E-state index in [2.05, 4.69) is 0 Å². The molecular formula is C9H18N2O3. The zero-order valence-corrected chi connectivity index (χ0v) is 8.86. The van der Waals surface area contributed by atoms with Crippen molar-refractivity contribution in [1.82, 2.24) is 4.90 Å². The average Bonchev–Trinajstić information content (AvgIpc) is 2.10.